The monoisotopic (exact) mass is 485 g/mol. The van der Waals surface area contributed by atoms with Crippen molar-refractivity contribution >= 4 is 19.4 Å². The minimum absolute atomic E-state index is 0.146. The fourth-order valence-corrected chi connectivity index (χ4v) is 5.36. The van der Waals surface area contributed by atoms with Crippen molar-refractivity contribution in [3.63, 3.8) is 0 Å². The smallest absolute Gasteiger partial charge is 0.192 e. The average Bonchev–Trinajstić information content (AvgIpc) is 3.48. The summed E-state index contributed by atoms with van der Waals surface area (Å²) in [6.45, 7) is 17.5. The van der Waals surface area contributed by atoms with Crippen molar-refractivity contribution in [3.05, 3.63) is 41.7 Å². The third-order valence-electron chi connectivity index (χ3n) is 7.35. The summed E-state index contributed by atoms with van der Waals surface area (Å²) in [7, 11) is -1.87. The molecule has 1 N–H and O–H groups in total. The van der Waals surface area contributed by atoms with Crippen LogP contribution in [0.3, 0.4) is 0 Å². The third kappa shape index (κ3) is 4.01. The lowest BCUT2D eigenvalue weighted by molar-refractivity contribution is -0.197. The average molecular weight is 486 g/mol. The van der Waals surface area contributed by atoms with Crippen LogP contribution in [-0.4, -0.2) is 51.0 Å². The highest BCUT2D eigenvalue weighted by atomic mass is 28.4. The van der Waals surface area contributed by atoms with E-state index >= 15 is 0 Å². The number of nitrogens with one attached hydrogen (secondary N) is 1. The van der Waals surface area contributed by atoms with Crippen molar-refractivity contribution in [1.29, 1.82) is 0 Å². The van der Waals surface area contributed by atoms with Gasteiger partial charge in [-0.1, -0.05) is 20.8 Å². The Kier molecular flexibility index (Phi) is 5.53. The number of aromatic amines is 1. The molecule has 4 atom stereocenters. The van der Waals surface area contributed by atoms with Crippen LogP contribution in [0.1, 0.15) is 64.0 Å². The zero-order chi connectivity index (χ0) is 24.5. The second-order valence-electron chi connectivity index (χ2n) is 11.3. The van der Waals surface area contributed by atoms with E-state index in [2.05, 4.69) is 54.0 Å². The number of aryl methyl sites for hydroxylation is 1. The molecular weight excluding hydrogens is 450 g/mol. The number of rotatable bonds is 5. The van der Waals surface area contributed by atoms with Gasteiger partial charge in [-0.2, -0.15) is 5.10 Å². The van der Waals surface area contributed by atoms with Gasteiger partial charge in [0, 0.05) is 11.6 Å². The highest BCUT2D eigenvalue weighted by Gasteiger charge is 2.57. The van der Waals surface area contributed by atoms with Gasteiger partial charge >= 0.3 is 0 Å². The van der Waals surface area contributed by atoms with Crippen molar-refractivity contribution in [2.75, 3.05) is 0 Å². The molecule has 3 aromatic rings. The largest absolute Gasteiger partial charge is 0.411 e. The molecule has 2 saturated heterocycles. The molecule has 0 saturated carbocycles. The predicted molar refractivity (Wildman–Crippen MR) is 130 cm³/mol. The van der Waals surface area contributed by atoms with Gasteiger partial charge in [-0.05, 0) is 51.0 Å². The molecular formula is C24H35N5O4Si. The number of hydrogen-bond donors (Lipinski definition) is 1. The van der Waals surface area contributed by atoms with E-state index in [-0.39, 0.29) is 23.4 Å². The summed E-state index contributed by atoms with van der Waals surface area (Å²) >= 11 is 0. The van der Waals surface area contributed by atoms with Gasteiger partial charge in [0.2, 0.25) is 0 Å². The van der Waals surface area contributed by atoms with E-state index in [1.54, 1.807) is 6.33 Å². The molecule has 184 valence electrons. The van der Waals surface area contributed by atoms with Gasteiger partial charge < -0.3 is 23.2 Å². The van der Waals surface area contributed by atoms with E-state index in [9.17, 15) is 0 Å². The van der Waals surface area contributed by atoms with Crippen LogP contribution >= 0.6 is 0 Å². The van der Waals surface area contributed by atoms with Crippen molar-refractivity contribution in [3.8, 4) is 0 Å². The summed E-state index contributed by atoms with van der Waals surface area (Å²) in [4.78, 5) is 8.81. The van der Waals surface area contributed by atoms with E-state index < -0.39 is 20.3 Å². The Hall–Kier alpha value is -2.11. The summed E-state index contributed by atoms with van der Waals surface area (Å²) in [5.41, 5.74) is 3.46. The molecule has 0 aromatic carbocycles. The number of aromatic nitrogens is 5. The molecule has 2 aliphatic heterocycles. The Morgan fingerprint density at radius 2 is 1.91 bits per heavy atom. The Bertz CT molecular complexity index is 1200. The second-order valence-corrected chi connectivity index (χ2v) is 16.1. The topological polar surface area (TPSA) is 96.3 Å². The van der Waals surface area contributed by atoms with Crippen LogP contribution in [0.15, 0.2) is 24.7 Å². The number of ether oxygens (including phenoxy) is 3. The van der Waals surface area contributed by atoms with E-state index in [0.29, 0.717) is 6.61 Å². The summed E-state index contributed by atoms with van der Waals surface area (Å²) in [6, 6.07) is 4.04. The summed E-state index contributed by atoms with van der Waals surface area (Å²) < 4.78 is 27.5. The molecule has 0 spiro atoms. The van der Waals surface area contributed by atoms with Crippen molar-refractivity contribution in [2.24, 2.45) is 0 Å². The van der Waals surface area contributed by atoms with Gasteiger partial charge in [0.25, 0.3) is 0 Å². The molecule has 9 nitrogen and oxygen atoms in total. The first-order valence-electron chi connectivity index (χ1n) is 11.8. The van der Waals surface area contributed by atoms with E-state index in [4.69, 9.17) is 18.6 Å². The normalized spacial score (nSPS) is 26.9. The van der Waals surface area contributed by atoms with Crippen LogP contribution < -0.4 is 0 Å². The molecule has 5 rings (SSSR count). The lowest BCUT2D eigenvalue weighted by Gasteiger charge is -2.35. The Labute approximate surface area is 201 Å². The predicted octanol–water partition coefficient (Wildman–Crippen LogP) is 4.77. The van der Waals surface area contributed by atoms with Crippen molar-refractivity contribution in [1.82, 2.24) is 24.7 Å². The minimum Gasteiger partial charge on any atom is -0.411 e. The van der Waals surface area contributed by atoms with Crippen molar-refractivity contribution < 1.29 is 18.6 Å². The van der Waals surface area contributed by atoms with Crippen LogP contribution in [0.2, 0.25) is 18.1 Å². The van der Waals surface area contributed by atoms with E-state index in [1.165, 1.54) is 0 Å². The van der Waals surface area contributed by atoms with Gasteiger partial charge in [-0.15, -0.1) is 0 Å². The molecule has 0 amide bonds. The maximum Gasteiger partial charge on any atom is 0.192 e. The molecule has 2 aliphatic rings. The second kappa shape index (κ2) is 7.96. The van der Waals surface area contributed by atoms with Gasteiger partial charge in [-0.25, -0.2) is 9.97 Å². The zero-order valence-corrected chi connectivity index (χ0v) is 22.2. The zero-order valence-electron chi connectivity index (χ0n) is 21.2. The molecule has 10 heteroatoms. The maximum atomic E-state index is 6.55. The first kappa shape index (κ1) is 23.6. The Morgan fingerprint density at radius 1 is 1.18 bits per heavy atom. The quantitative estimate of drug-likeness (QED) is 0.520. The first-order chi connectivity index (χ1) is 15.9. The Balaban J connectivity index is 1.41. The number of hydrogen-bond acceptors (Lipinski definition) is 7. The summed E-state index contributed by atoms with van der Waals surface area (Å²) in [6.07, 6.45) is 2.19. The van der Waals surface area contributed by atoms with Crippen LogP contribution in [0.4, 0.5) is 0 Å². The molecule has 0 radical (unpaired) electrons. The molecule has 5 heterocycles. The lowest BCUT2D eigenvalue weighted by atomic mass is 10.1. The lowest BCUT2D eigenvalue weighted by Crippen LogP contribution is -2.40. The number of fused-ring (bicyclic) bond motifs is 2. The number of H-pyrrole nitrogens is 1. The van der Waals surface area contributed by atoms with Gasteiger partial charge in [-0.3, -0.25) is 5.10 Å². The maximum absolute atomic E-state index is 6.55. The highest BCUT2D eigenvalue weighted by molar-refractivity contribution is 6.74. The third-order valence-corrected chi connectivity index (χ3v) is 11.8. The Morgan fingerprint density at radius 3 is 2.65 bits per heavy atom. The van der Waals surface area contributed by atoms with Crippen LogP contribution in [0.25, 0.3) is 11.0 Å². The van der Waals surface area contributed by atoms with Crippen molar-refractivity contribution in [2.45, 2.75) is 96.6 Å². The van der Waals surface area contributed by atoms with Crippen LogP contribution in [0.5, 0.6) is 0 Å². The molecule has 34 heavy (non-hydrogen) atoms. The first-order valence-corrected chi connectivity index (χ1v) is 14.7. The van der Waals surface area contributed by atoms with E-state index in [0.717, 1.165) is 28.1 Å². The molecule has 0 bridgehead atoms. The molecule has 0 unspecified atom stereocenters. The standard InChI is InChI=1S/C24H35N5O4Si/c1-14-16-9-10-29(21(16)26-13-25-14)22-20-19(32-24(5,6)33-20)18(31-22)17-11-15(27-28-17)12-30-34(7,8)23(2,3)4/h9-11,13,18-20,22H,12H2,1-8H3,(H,27,28)/t18-,19+,20+,22+/m0/s1. The fraction of sp³-hybridized carbons (Fsp3) is 0.625. The SMILES string of the molecule is Cc1ncnc2c1ccn2[C@@H]1O[C@@H](c2cc(CO[Si](C)(C)C(C)(C)C)[nH]n2)[C@H]2OC(C)(C)O[C@H]21. The highest BCUT2D eigenvalue weighted by Crippen LogP contribution is 2.49. The van der Waals surface area contributed by atoms with Gasteiger partial charge in [0.05, 0.1) is 23.7 Å². The molecule has 3 aromatic heterocycles. The van der Waals surface area contributed by atoms with Gasteiger partial charge in [0.1, 0.15) is 30.3 Å². The molecule has 0 aliphatic carbocycles. The van der Waals surface area contributed by atoms with Gasteiger partial charge in [0.15, 0.2) is 20.3 Å². The summed E-state index contributed by atoms with van der Waals surface area (Å²) in [5.74, 6) is -0.714. The minimum atomic E-state index is -1.87. The summed E-state index contributed by atoms with van der Waals surface area (Å²) in [5, 5.41) is 8.85. The van der Waals surface area contributed by atoms with E-state index in [1.807, 2.05) is 43.7 Å². The van der Waals surface area contributed by atoms with Crippen LogP contribution in [0, 0.1) is 6.92 Å². The fourth-order valence-electron chi connectivity index (χ4n) is 4.42. The van der Waals surface area contributed by atoms with Crippen LogP contribution in [-0.2, 0) is 25.2 Å². The molecule has 2 fully saturated rings. The number of nitrogens with zero attached hydrogens (tertiary/aromatic N) is 4.